The van der Waals surface area contributed by atoms with E-state index in [1.807, 2.05) is 6.07 Å². The molecule has 6 fully saturated rings. The van der Waals surface area contributed by atoms with Gasteiger partial charge in [0.1, 0.15) is 5.75 Å². The van der Waals surface area contributed by atoms with Crippen molar-refractivity contribution < 1.29 is 19.5 Å². The minimum absolute atomic E-state index is 0.00101. The van der Waals surface area contributed by atoms with Crippen LogP contribution in [0.25, 0.3) is 0 Å². The molecule has 204 valence electrons. The lowest BCUT2D eigenvalue weighted by molar-refractivity contribution is -0.149. The van der Waals surface area contributed by atoms with Gasteiger partial charge in [-0.25, -0.2) is 0 Å². The van der Waals surface area contributed by atoms with Gasteiger partial charge in [-0.1, -0.05) is 13.0 Å². The molecule has 3 saturated heterocycles. The largest absolute Gasteiger partial charge is 0.508 e. The fraction of sp³-hybridized carbons (Fsp3) is 0.710. The molecule has 3 aliphatic heterocycles. The molecule has 2 bridgehead atoms. The highest BCUT2D eigenvalue weighted by Crippen LogP contribution is 2.74. The molecule has 7 heteroatoms. The molecule has 6 atom stereocenters. The summed E-state index contributed by atoms with van der Waals surface area (Å²) in [4.78, 5) is 42.9. The van der Waals surface area contributed by atoms with Crippen LogP contribution in [0, 0.1) is 29.1 Å². The van der Waals surface area contributed by atoms with Gasteiger partial charge in [-0.2, -0.15) is 0 Å². The zero-order valence-electron chi connectivity index (χ0n) is 22.7. The van der Waals surface area contributed by atoms with E-state index >= 15 is 0 Å². The lowest BCUT2D eigenvalue weighted by atomic mass is 9.46. The standard InChI is InChI=1S/C31H41N3O4/c1-3-20-6-7-23(35)14-24(20)31-10-11-33(16-19-4-5-19)18(2)30(31)9-8-25-28(31)22(15-30)17-34(25)29(38)21-12-26(36)32-27(37)13-21/h6-7,14,18-19,21-22,25,28,35H,3-5,8-13,15-17H2,1-2H3,(H,32,36,37)/t18?,22-,25?,28?,30?,31?/m1/s1. The Morgan fingerprint density at radius 1 is 1.13 bits per heavy atom. The first-order valence-corrected chi connectivity index (χ1v) is 15.0. The number of nitrogens with one attached hydrogen (secondary N) is 1. The van der Waals surface area contributed by atoms with E-state index in [0.717, 1.165) is 51.1 Å². The lowest BCUT2D eigenvalue weighted by Crippen LogP contribution is -2.67. The summed E-state index contributed by atoms with van der Waals surface area (Å²) in [6.45, 7) is 7.70. The molecule has 2 N–H and O–H groups in total. The molecule has 0 spiro atoms. The quantitative estimate of drug-likeness (QED) is 0.583. The zero-order valence-corrected chi connectivity index (χ0v) is 22.7. The smallest absolute Gasteiger partial charge is 0.227 e. The Bertz CT molecular complexity index is 1180. The number of piperidine rings is 2. The molecular weight excluding hydrogens is 478 g/mol. The normalized spacial score (nSPS) is 38.8. The molecule has 3 saturated carbocycles. The van der Waals surface area contributed by atoms with Crippen LogP contribution in [0.15, 0.2) is 18.2 Å². The summed E-state index contributed by atoms with van der Waals surface area (Å²) in [5, 5.41) is 13.1. The van der Waals surface area contributed by atoms with Gasteiger partial charge in [0.2, 0.25) is 17.7 Å². The Hall–Kier alpha value is -2.41. The number of benzene rings is 1. The Labute approximate surface area is 225 Å². The molecule has 38 heavy (non-hydrogen) atoms. The average molecular weight is 520 g/mol. The SMILES string of the molecule is CCc1ccc(O)cc1C12CCN(CC3CC3)C(C)C13CCC1C2[C@@H](CN1C(=O)C1CC(=O)NC(=O)C1)C3. The first kappa shape index (κ1) is 24.6. The third-order valence-corrected chi connectivity index (χ3v) is 11.8. The van der Waals surface area contributed by atoms with Crippen molar-refractivity contribution in [1.82, 2.24) is 15.1 Å². The summed E-state index contributed by atoms with van der Waals surface area (Å²) >= 11 is 0. The molecule has 3 heterocycles. The van der Waals surface area contributed by atoms with E-state index in [1.54, 1.807) is 0 Å². The first-order chi connectivity index (χ1) is 18.3. The summed E-state index contributed by atoms with van der Waals surface area (Å²) < 4.78 is 0. The number of carbonyl (C=O) groups is 3. The predicted molar refractivity (Wildman–Crippen MR) is 142 cm³/mol. The van der Waals surface area contributed by atoms with Crippen LogP contribution in [-0.2, 0) is 26.2 Å². The second kappa shape index (κ2) is 8.54. The van der Waals surface area contributed by atoms with E-state index in [2.05, 4.69) is 41.1 Å². The second-order valence-corrected chi connectivity index (χ2v) is 13.3. The van der Waals surface area contributed by atoms with E-state index in [1.165, 1.54) is 30.5 Å². The van der Waals surface area contributed by atoms with Crippen LogP contribution in [0.4, 0.5) is 0 Å². The summed E-state index contributed by atoms with van der Waals surface area (Å²) in [5.41, 5.74) is 2.73. The van der Waals surface area contributed by atoms with E-state index in [0.29, 0.717) is 23.6 Å². The molecular formula is C31H41N3O4. The molecule has 6 aliphatic rings. The number of amides is 3. The van der Waals surface area contributed by atoms with Gasteiger partial charge in [0.25, 0.3) is 0 Å². The summed E-state index contributed by atoms with van der Waals surface area (Å²) in [6.07, 6.45) is 8.13. The van der Waals surface area contributed by atoms with Crippen LogP contribution >= 0.6 is 0 Å². The topological polar surface area (TPSA) is 89.9 Å². The number of aryl methyl sites for hydroxylation is 1. The lowest BCUT2D eigenvalue weighted by Gasteiger charge is -2.63. The van der Waals surface area contributed by atoms with Crippen molar-refractivity contribution >= 4 is 17.7 Å². The Balaban J connectivity index is 1.30. The molecule has 3 aliphatic carbocycles. The minimum Gasteiger partial charge on any atom is -0.508 e. The Kier molecular flexibility index (Phi) is 5.53. The molecule has 0 aromatic heterocycles. The van der Waals surface area contributed by atoms with E-state index in [4.69, 9.17) is 0 Å². The molecule has 0 radical (unpaired) electrons. The summed E-state index contributed by atoms with van der Waals surface area (Å²) in [7, 11) is 0. The average Bonchev–Trinajstić information content (AvgIpc) is 3.59. The fourth-order valence-electron chi connectivity index (χ4n) is 10.2. The summed E-state index contributed by atoms with van der Waals surface area (Å²) in [5.74, 6) is 0.761. The number of carbonyl (C=O) groups excluding carboxylic acids is 3. The van der Waals surface area contributed by atoms with Crippen molar-refractivity contribution in [2.75, 3.05) is 19.6 Å². The van der Waals surface area contributed by atoms with Gasteiger partial charge < -0.3 is 10.0 Å². The summed E-state index contributed by atoms with van der Waals surface area (Å²) in [6, 6.07) is 6.63. The molecule has 1 aromatic carbocycles. The number of hydrogen-bond acceptors (Lipinski definition) is 5. The molecule has 7 rings (SSSR count). The van der Waals surface area contributed by atoms with Crippen LogP contribution in [0.1, 0.15) is 76.3 Å². The number of aromatic hydroxyl groups is 1. The van der Waals surface area contributed by atoms with Crippen molar-refractivity contribution in [1.29, 1.82) is 0 Å². The maximum absolute atomic E-state index is 13.9. The van der Waals surface area contributed by atoms with Gasteiger partial charge in [0.15, 0.2) is 0 Å². The number of phenolic OH excluding ortho intramolecular Hbond substituents is 1. The second-order valence-electron chi connectivity index (χ2n) is 13.3. The van der Waals surface area contributed by atoms with Crippen molar-refractivity contribution in [3.63, 3.8) is 0 Å². The van der Waals surface area contributed by atoms with Crippen LogP contribution < -0.4 is 5.32 Å². The predicted octanol–water partition coefficient (Wildman–Crippen LogP) is 3.38. The molecule has 7 nitrogen and oxygen atoms in total. The van der Waals surface area contributed by atoms with Gasteiger partial charge >= 0.3 is 0 Å². The van der Waals surface area contributed by atoms with Gasteiger partial charge in [0, 0.05) is 43.4 Å². The zero-order chi connectivity index (χ0) is 26.4. The number of phenols is 1. The third kappa shape index (κ3) is 3.32. The highest BCUT2D eigenvalue weighted by molar-refractivity contribution is 6.02. The first-order valence-electron chi connectivity index (χ1n) is 15.0. The number of hydrogen-bond donors (Lipinski definition) is 2. The Morgan fingerprint density at radius 2 is 1.89 bits per heavy atom. The van der Waals surface area contributed by atoms with Crippen LogP contribution in [-0.4, -0.2) is 64.3 Å². The van der Waals surface area contributed by atoms with Crippen molar-refractivity contribution in [2.45, 2.75) is 89.1 Å². The highest BCUT2D eigenvalue weighted by Gasteiger charge is 2.74. The maximum Gasteiger partial charge on any atom is 0.227 e. The monoisotopic (exact) mass is 519 g/mol. The third-order valence-electron chi connectivity index (χ3n) is 11.8. The minimum atomic E-state index is -0.538. The highest BCUT2D eigenvalue weighted by atomic mass is 16.3. The van der Waals surface area contributed by atoms with Gasteiger partial charge in [-0.05, 0) is 105 Å². The fourth-order valence-corrected chi connectivity index (χ4v) is 10.2. The van der Waals surface area contributed by atoms with Crippen LogP contribution in [0.5, 0.6) is 5.75 Å². The van der Waals surface area contributed by atoms with E-state index in [-0.39, 0.29) is 47.4 Å². The van der Waals surface area contributed by atoms with Gasteiger partial charge in [-0.3, -0.25) is 24.6 Å². The number of likely N-dealkylation sites (tertiary alicyclic amines) is 2. The van der Waals surface area contributed by atoms with Crippen LogP contribution in [0.2, 0.25) is 0 Å². The van der Waals surface area contributed by atoms with Crippen molar-refractivity contribution in [2.24, 2.45) is 29.1 Å². The number of rotatable bonds is 5. The van der Waals surface area contributed by atoms with Crippen LogP contribution in [0.3, 0.4) is 0 Å². The number of nitrogens with zero attached hydrogens (tertiary/aromatic N) is 2. The Morgan fingerprint density at radius 3 is 2.61 bits per heavy atom. The van der Waals surface area contributed by atoms with Crippen molar-refractivity contribution in [3.8, 4) is 5.75 Å². The molecule has 5 unspecified atom stereocenters. The number of imide groups is 1. The van der Waals surface area contributed by atoms with E-state index < -0.39 is 5.92 Å². The maximum atomic E-state index is 13.9. The molecule has 1 aromatic rings. The molecule has 3 amide bonds. The van der Waals surface area contributed by atoms with Gasteiger partial charge in [0.05, 0.1) is 5.92 Å². The van der Waals surface area contributed by atoms with Gasteiger partial charge in [-0.15, -0.1) is 0 Å². The van der Waals surface area contributed by atoms with E-state index in [9.17, 15) is 19.5 Å². The van der Waals surface area contributed by atoms with Crippen molar-refractivity contribution in [3.05, 3.63) is 29.3 Å².